The van der Waals surface area contributed by atoms with Crippen LogP contribution in [0.2, 0.25) is 5.02 Å². The number of hydrogen-bond donors (Lipinski definition) is 2. The lowest BCUT2D eigenvalue weighted by Crippen LogP contribution is -2.29. The summed E-state index contributed by atoms with van der Waals surface area (Å²) < 4.78 is 0. The molecule has 0 aliphatic heterocycles. The van der Waals surface area contributed by atoms with Crippen molar-refractivity contribution in [2.24, 2.45) is 0 Å². The molecule has 1 aromatic carbocycles. The van der Waals surface area contributed by atoms with E-state index in [1.165, 1.54) is 0 Å². The molecule has 82 valence electrons. The van der Waals surface area contributed by atoms with E-state index in [1.807, 2.05) is 19.1 Å². The zero-order chi connectivity index (χ0) is 11.3. The molecule has 2 N–H and O–H groups in total. The molecule has 15 heavy (non-hydrogen) atoms. The van der Waals surface area contributed by atoms with E-state index in [0.29, 0.717) is 17.1 Å². The highest BCUT2D eigenvalue weighted by atomic mass is 35.5. The minimum atomic E-state index is -0.850. The maximum Gasteiger partial charge on any atom is 0.326 e. The number of hydrogen-bond acceptors (Lipinski definition) is 2. The van der Waals surface area contributed by atoms with Gasteiger partial charge in [0.25, 0.3) is 0 Å². The Kier molecular flexibility index (Phi) is 4.43. The molecule has 0 aliphatic carbocycles. The molecule has 0 saturated carbocycles. The zero-order valence-electron chi connectivity index (χ0n) is 8.53. The van der Waals surface area contributed by atoms with Crippen molar-refractivity contribution in [1.29, 1.82) is 0 Å². The van der Waals surface area contributed by atoms with Crippen LogP contribution in [0.25, 0.3) is 0 Å². The number of rotatable bonds is 5. The third-order valence-corrected chi connectivity index (χ3v) is 2.41. The van der Waals surface area contributed by atoms with Gasteiger partial charge in [0.15, 0.2) is 0 Å². The molecule has 0 aromatic heterocycles. The molecule has 0 radical (unpaired) electrons. The van der Waals surface area contributed by atoms with Crippen molar-refractivity contribution < 1.29 is 9.90 Å². The van der Waals surface area contributed by atoms with Crippen LogP contribution >= 0.6 is 11.6 Å². The van der Waals surface area contributed by atoms with Gasteiger partial charge in [0.05, 0.1) is 10.7 Å². The number of anilines is 1. The van der Waals surface area contributed by atoms with Gasteiger partial charge in [-0.15, -0.1) is 0 Å². The van der Waals surface area contributed by atoms with Crippen LogP contribution < -0.4 is 5.32 Å². The smallest absolute Gasteiger partial charge is 0.326 e. The average Bonchev–Trinajstić information content (AvgIpc) is 2.20. The van der Waals surface area contributed by atoms with Gasteiger partial charge in [-0.05, 0) is 18.6 Å². The number of carboxylic acids is 1. The molecule has 1 rings (SSSR count). The van der Waals surface area contributed by atoms with Crippen LogP contribution in [0, 0.1) is 0 Å². The van der Waals surface area contributed by atoms with Crippen LogP contribution in [0.4, 0.5) is 5.69 Å². The molecular weight excluding hydrogens is 214 g/mol. The summed E-state index contributed by atoms with van der Waals surface area (Å²) in [4.78, 5) is 10.9. The van der Waals surface area contributed by atoms with Gasteiger partial charge >= 0.3 is 5.97 Å². The molecule has 4 heteroatoms. The number of benzene rings is 1. The molecule has 0 aliphatic rings. The second-order valence-electron chi connectivity index (χ2n) is 3.30. The highest BCUT2D eigenvalue weighted by Gasteiger charge is 2.16. The SMILES string of the molecule is CCC[C@H](Nc1ccccc1Cl)C(=O)O. The standard InChI is InChI=1S/C11H14ClNO2/c1-2-5-10(11(14)15)13-9-7-4-3-6-8(9)12/h3-4,6-7,10,13H,2,5H2,1H3,(H,14,15)/t10-/m0/s1. The van der Waals surface area contributed by atoms with Crippen LogP contribution in [0.1, 0.15) is 19.8 Å². The summed E-state index contributed by atoms with van der Waals surface area (Å²) in [6.45, 7) is 1.95. The van der Waals surface area contributed by atoms with Crippen LogP contribution in [0.15, 0.2) is 24.3 Å². The summed E-state index contributed by atoms with van der Waals surface area (Å²) in [5, 5.41) is 12.4. The Balaban J connectivity index is 2.74. The predicted molar refractivity (Wildman–Crippen MR) is 61.4 cm³/mol. The van der Waals surface area contributed by atoms with Crippen molar-refractivity contribution in [1.82, 2.24) is 0 Å². The molecule has 3 nitrogen and oxygen atoms in total. The fourth-order valence-corrected chi connectivity index (χ4v) is 1.50. The van der Waals surface area contributed by atoms with Gasteiger partial charge in [0, 0.05) is 0 Å². The van der Waals surface area contributed by atoms with Crippen molar-refractivity contribution in [3.05, 3.63) is 29.3 Å². The number of aliphatic carboxylic acids is 1. The van der Waals surface area contributed by atoms with Gasteiger partial charge in [0.2, 0.25) is 0 Å². The molecule has 0 fully saturated rings. The monoisotopic (exact) mass is 227 g/mol. The Morgan fingerprint density at radius 2 is 2.20 bits per heavy atom. The molecule has 0 bridgehead atoms. The lowest BCUT2D eigenvalue weighted by atomic mass is 10.1. The first-order chi connectivity index (χ1) is 7.15. The zero-order valence-corrected chi connectivity index (χ0v) is 9.29. The highest BCUT2D eigenvalue weighted by molar-refractivity contribution is 6.33. The van der Waals surface area contributed by atoms with E-state index in [0.717, 1.165) is 6.42 Å². The second-order valence-corrected chi connectivity index (χ2v) is 3.71. The van der Waals surface area contributed by atoms with Gasteiger partial charge < -0.3 is 10.4 Å². The molecule has 0 heterocycles. The minimum Gasteiger partial charge on any atom is -0.480 e. The van der Waals surface area contributed by atoms with Crippen molar-refractivity contribution in [3.8, 4) is 0 Å². The van der Waals surface area contributed by atoms with Crippen LogP contribution in [-0.2, 0) is 4.79 Å². The summed E-state index contributed by atoms with van der Waals surface area (Å²) >= 11 is 5.92. The first-order valence-corrected chi connectivity index (χ1v) is 5.26. The quantitative estimate of drug-likeness (QED) is 0.813. The largest absolute Gasteiger partial charge is 0.480 e. The molecular formula is C11H14ClNO2. The molecule has 0 amide bonds. The Morgan fingerprint density at radius 1 is 1.53 bits per heavy atom. The molecule has 0 spiro atoms. The topological polar surface area (TPSA) is 49.3 Å². The summed E-state index contributed by atoms with van der Waals surface area (Å²) in [5.74, 6) is -0.850. The van der Waals surface area contributed by atoms with E-state index < -0.39 is 12.0 Å². The Morgan fingerprint density at radius 3 is 2.73 bits per heavy atom. The highest BCUT2D eigenvalue weighted by Crippen LogP contribution is 2.22. The third-order valence-electron chi connectivity index (χ3n) is 2.08. The van der Waals surface area contributed by atoms with Crippen molar-refractivity contribution in [2.75, 3.05) is 5.32 Å². The Bertz CT molecular complexity index is 341. The van der Waals surface area contributed by atoms with Gasteiger partial charge in [-0.25, -0.2) is 4.79 Å². The van der Waals surface area contributed by atoms with Crippen LogP contribution in [0.3, 0.4) is 0 Å². The van der Waals surface area contributed by atoms with E-state index in [2.05, 4.69) is 5.32 Å². The normalized spacial score (nSPS) is 12.1. The Hall–Kier alpha value is -1.22. The van der Waals surface area contributed by atoms with Gasteiger partial charge in [-0.1, -0.05) is 37.1 Å². The minimum absolute atomic E-state index is 0.542. The van der Waals surface area contributed by atoms with Gasteiger partial charge in [-0.3, -0.25) is 0 Å². The van der Waals surface area contributed by atoms with E-state index >= 15 is 0 Å². The Labute approximate surface area is 94.1 Å². The summed E-state index contributed by atoms with van der Waals surface area (Å²) in [6.07, 6.45) is 1.40. The maximum absolute atomic E-state index is 10.9. The predicted octanol–water partition coefficient (Wildman–Crippen LogP) is 3.01. The summed E-state index contributed by atoms with van der Waals surface area (Å²) in [5.41, 5.74) is 0.667. The lowest BCUT2D eigenvalue weighted by Gasteiger charge is -2.15. The molecule has 0 unspecified atom stereocenters. The molecule has 0 saturated heterocycles. The van der Waals surface area contributed by atoms with E-state index in [9.17, 15) is 4.79 Å². The van der Waals surface area contributed by atoms with E-state index in [-0.39, 0.29) is 0 Å². The first kappa shape index (κ1) is 11.9. The number of carboxylic acid groups (broad SMARTS) is 1. The average molecular weight is 228 g/mol. The van der Waals surface area contributed by atoms with Crippen molar-refractivity contribution in [3.63, 3.8) is 0 Å². The van der Waals surface area contributed by atoms with E-state index in [1.54, 1.807) is 12.1 Å². The molecule has 1 atom stereocenters. The van der Waals surface area contributed by atoms with Crippen LogP contribution in [-0.4, -0.2) is 17.1 Å². The summed E-state index contributed by atoms with van der Waals surface area (Å²) in [7, 11) is 0. The lowest BCUT2D eigenvalue weighted by molar-refractivity contribution is -0.138. The van der Waals surface area contributed by atoms with Gasteiger partial charge in [-0.2, -0.15) is 0 Å². The fourth-order valence-electron chi connectivity index (χ4n) is 1.31. The van der Waals surface area contributed by atoms with Crippen LogP contribution in [0.5, 0.6) is 0 Å². The number of carbonyl (C=O) groups is 1. The second kappa shape index (κ2) is 5.61. The number of halogens is 1. The van der Waals surface area contributed by atoms with Gasteiger partial charge in [0.1, 0.15) is 6.04 Å². The summed E-state index contributed by atoms with van der Waals surface area (Å²) in [6, 6.07) is 6.56. The fraction of sp³-hybridized carbons (Fsp3) is 0.364. The van der Waals surface area contributed by atoms with E-state index in [4.69, 9.17) is 16.7 Å². The maximum atomic E-state index is 10.9. The molecule has 1 aromatic rings. The van der Waals surface area contributed by atoms with Crippen molar-refractivity contribution >= 4 is 23.3 Å². The number of para-hydroxylation sites is 1. The van der Waals surface area contributed by atoms with Crippen molar-refractivity contribution in [2.45, 2.75) is 25.8 Å². The first-order valence-electron chi connectivity index (χ1n) is 4.89. The third kappa shape index (κ3) is 3.44. The number of nitrogens with one attached hydrogen (secondary N) is 1.